The average Bonchev–Trinajstić information content (AvgIpc) is 2.14. The van der Waals surface area contributed by atoms with Crippen molar-refractivity contribution in [2.45, 2.75) is 70.6 Å². The van der Waals surface area contributed by atoms with Gasteiger partial charge in [0.25, 0.3) is 0 Å². The fraction of sp³-hybridized carbons (Fsp3) is 0.923. The van der Waals surface area contributed by atoms with E-state index in [1.54, 1.807) is 7.11 Å². The predicted molar refractivity (Wildman–Crippen MR) is 67.0 cm³/mol. The Morgan fingerprint density at radius 3 is 2.59 bits per heavy atom. The zero-order valence-corrected chi connectivity index (χ0v) is 11.6. The Morgan fingerprint density at radius 1 is 1.41 bits per heavy atom. The molecule has 17 heavy (non-hydrogen) atoms. The van der Waals surface area contributed by atoms with Crippen LogP contribution in [0, 0.1) is 0 Å². The van der Waals surface area contributed by atoms with Gasteiger partial charge >= 0.3 is 6.09 Å². The van der Waals surface area contributed by atoms with Gasteiger partial charge in [0, 0.05) is 13.2 Å². The number of methoxy groups -OCH3 is 1. The van der Waals surface area contributed by atoms with Gasteiger partial charge < -0.3 is 14.8 Å². The number of hydrogen-bond acceptors (Lipinski definition) is 3. The Labute approximate surface area is 104 Å². The molecule has 0 bridgehead atoms. The van der Waals surface area contributed by atoms with Gasteiger partial charge in [0.05, 0.1) is 5.60 Å². The van der Waals surface area contributed by atoms with Crippen molar-refractivity contribution in [1.29, 1.82) is 0 Å². The summed E-state index contributed by atoms with van der Waals surface area (Å²) in [6.45, 7) is 7.70. The lowest BCUT2D eigenvalue weighted by Crippen LogP contribution is -2.46. The van der Waals surface area contributed by atoms with Gasteiger partial charge in [0.1, 0.15) is 5.60 Å². The molecule has 0 aromatic heterocycles. The van der Waals surface area contributed by atoms with E-state index in [1.165, 1.54) is 0 Å². The highest BCUT2D eigenvalue weighted by Crippen LogP contribution is 2.30. The summed E-state index contributed by atoms with van der Waals surface area (Å²) in [6.07, 6.45) is 3.64. The molecule has 2 atom stereocenters. The van der Waals surface area contributed by atoms with Crippen LogP contribution in [-0.4, -0.2) is 30.4 Å². The first kappa shape index (κ1) is 14.3. The van der Waals surface area contributed by atoms with Gasteiger partial charge in [-0.3, -0.25) is 0 Å². The molecule has 1 aliphatic carbocycles. The number of ether oxygens (including phenoxy) is 2. The van der Waals surface area contributed by atoms with Crippen LogP contribution in [0.2, 0.25) is 0 Å². The van der Waals surface area contributed by atoms with E-state index in [1.807, 2.05) is 20.8 Å². The second kappa shape index (κ2) is 5.25. The molecule has 1 N–H and O–H groups in total. The van der Waals surface area contributed by atoms with Gasteiger partial charge in [-0.25, -0.2) is 4.79 Å². The fourth-order valence-electron chi connectivity index (χ4n) is 2.23. The van der Waals surface area contributed by atoms with Gasteiger partial charge in [-0.15, -0.1) is 0 Å². The molecule has 1 fully saturated rings. The number of rotatable bonds is 2. The third-order valence-corrected chi connectivity index (χ3v) is 3.15. The number of carbonyl (C=O) groups excluding carboxylic acids is 1. The minimum absolute atomic E-state index is 0.113. The van der Waals surface area contributed by atoms with Gasteiger partial charge in [-0.1, -0.05) is 0 Å². The smallest absolute Gasteiger partial charge is 0.407 e. The number of carbonyl (C=O) groups is 1. The largest absolute Gasteiger partial charge is 0.444 e. The lowest BCUT2D eigenvalue weighted by atomic mass is 9.83. The van der Waals surface area contributed by atoms with Crippen molar-refractivity contribution in [2.75, 3.05) is 7.11 Å². The highest BCUT2D eigenvalue weighted by Gasteiger charge is 2.33. The van der Waals surface area contributed by atoms with E-state index in [0.29, 0.717) is 0 Å². The Kier molecular flexibility index (Phi) is 4.42. The molecule has 1 aliphatic rings. The van der Waals surface area contributed by atoms with Gasteiger partial charge in [0.2, 0.25) is 0 Å². The van der Waals surface area contributed by atoms with Crippen LogP contribution in [0.25, 0.3) is 0 Å². The molecule has 0 radical (unpaired) electrons. The summed E-state index contributed by atoms with van der Waals surface area (Å²) in [5.41, 5.74) is -0.554. The molecule has 1 saturated carbocycles. The highest BCUT2D eigenvalue weighted by atomic mass is 16.6. The standard InChI is InChI=1S/C13H25NO3/c1-12(2,3)17-11(15)14-10-7-6-8-13(4,9-10)16-5/h10H,6-9H2,1-5H3,(H,14,15). The number of amides is 1. The Morgan fingerprint density at radius 2 is 2.06 bits per heavy atom. The SMILES string of the molecule is COC1(C)CCCC(NC(=O)OC(C)(C)C)C1. The molecule has 0 aromatic carbocycles. The molecule has 0 spiro atoms. The quantitative estimate of drug-likeness (QED) is 0.811. The molecule has 1 rings (SSSR count). The van der Waals surface area contributed by atoms with Crippen LogP contribution in [0.3, 0.4) is 0 Å². The monoisotopic (exact) mass is 243 g/mol. The summed E-state index contributed by atoms with van der Waals surface area (Å²) in [7, 11) is 1.73. The zero-order valence-electron chi connectivity index (χ0n) is 11.6. The molecular weight excluding hydrogens is 218 g/mol. The Bertz CT molecular complexity index is 272. The lowest BCUT2D eigenvalue weighted by molar-refractivity contribution is -0.0334. The maximum atomic E-state index is 11.7. The van der Waals surface area contributed by atoms with E-state index < -0.39 is 5.60 Å². The molecule has 0 aromatic rings. The van der Waals surface area contributed by atoms with Crippen molar-refractivity contribution in [3.8, 4) is 0 Å². The summed E-state index contributed by atoms with van der Waals surface area (Å²) < 4.78 is 10.8. The molecule has 4 heteroatoms. The van der Waals surface area contributed by atoms with Crippen molar-refractivity contribution < 1.29 is 14.3 Å². The summed E-state index contributed by atoms with van der Waals surface area (Å²) in [5.74, 6) is 0. The number of nitrogens with one attached hydrogen (secondary N) is 1. The van der Waals surface area contributed by atoms with Crippen LogP contribution in [0.15, 0.2) is 0 Å². The normalized spacial score (nSPS) is 29.8. The Hall–Kier alpha value is -0.770. The van der Waals surface area contributed by atoms with Crippen molar-refractivity contribution in [2.24, 2.45) is 0 Å². The van der Waals surface area contributed by atoms with Gasteiger partial charge in [-0.05, 0) is 53.4 Å². The van der Waals surface area contributed by atoms with E-state index in [4.69, 9.17) is 9.47 Å². The first-order valence-corrected chi connectivity index (χ1v) is 6.29. The van der Waals surface area contributed by atoms with Crippen molar-refractivity contribution in [3.05, 3.63) is 0 Å². The molecule has 0 aliphatic heterocycles. The average molecular weight is 243 g/mol. The zero-order chi connectivity index (χ0) is 13.1. The molecule has 0 heterocycles. The summed E-state index contributed by atoms with van der Waals surface area (Å²) in [5, 5.41) is 2.92. The first-order valence-electron chi connectivity index (χ1n) is 6.29. The topological polar surface area (TPSA) is 47.6 Å². The number of alkyl carbamates (subject to hydrolysis) is 1. The maximum Gasteiger partial charge on any atom is 0.407 e. The van der Waals surface area contributed by atoms with Crippen molar-refractivity contribution in [1.82, 2.24) is 5.32 Å². The third kappa shape index (κ3) is 4.94. The molecule has 2 unspecified atom stereocenters. The fourth-order valence-corrected chi connectivity index (χ4v) is 2.23. The minimum Gasteiger partial charge on any atom is -0.444 e. The van der Waals surface area contributed by atoms with E-state index in [2.05, 4.69) is 12.2 Å². The summed E-state index contributed by atoms with van der Waals surface area (Å²) in [4.78, 5) is 11.7. The summed E-state index contributed by atoms with van der Waals surface area (Å²) >= 11 is 0. The van der Waals surface area contributed by atoms with E-state index in [-0.39, 0.29) is 17.7 Å². The van der Waals surface area contributed by atoms with Crippen LogP contribution in [0.4, 0.5) is 4.79 Å². The molecule has 0 saturated heterocycles. The van der Waals surface area contributed by atoms with Gasteiger partial charge in [0.15, 0.2) is 0 Å². The van der Waals surface area contributed by atoms with Gasteiger partial charge in [-0.2, -0.15) is 0 Å². The second-order valence-corrected chi connectivity index (χ2v) is 6.09. The van der Waals surface area contributed by atoms with E-state index in [0.717, 1.165) is 25.7 Å². The van der Waals surface area contributed by atoms with Crippen LogP contribution >= 0.6 is 0 Å². The lowest BCUT2D eigenvalue weighted by Gasteiger charge is -2.37. The Balaban J connectivity index is 2.44. The molecule has 4 nitrogen and oxygen atoms in total. The van der Waals surface area contributed by atoms with E-state index >= 15 is 0 Å². The van der Waals surface area contributed by atoms with Crippen LogP contribution in [-0.2, 0) is 9.47 Å². The van der Waals surface area contributed by atoms with Crippen LogP contribution in [0.5, 0.6) is 0 Å². The molecular formula is C13H25NO3. The van der Waals surface area contributed by atoms with E-state index in [9.17, 15) is 4.79 Å². The van der Waals surface area contributed by atoms with Crippen molar-refractivity contribution >= 4 is 6.09 Å². The third-order valence-electron chi connectivity index (χ3n) is 3.15. The first-order chi connectivity index (χ1) is 7.74. The van der Waals surface area contributed by atoms with Crippen molar-refractivity contribution in [3.63, 3.8) is 0 Å². The maximum absolute atomic E-state index is 11.7. The van der Waals surface area contributed by atoms with Crippen LogP contribution < -0.4 is 5.32 Å². The second-order valence-electron chi connectivity index (χ2n) is 6.09. The number of hydrogen-bond donors (Lipinski definition) is 1. The minimum atomic E-state index is -0.441. The predicted octanol–water partition coefficient (Wildman–Crippen LogP) is 2.86. The molecule has 100 valence electrons. The van der Waals surface area contributed by atoms with Crippen LogP contribution in [0.1, 0.15) is 53.4 Å². The molecule has 1 amide bonds. The summed E-state index contributed by atoms with van der Waals surface area (Å²) in [6, 6.07) is 0.156. The highest BCUT2D eigenvalue weighted by molar-refractivity contribution is 5.68.